The van der Waals surface area contributed by atoms with Crippen molar-refractivity contribution in [2.75, 3.05) is 5.32 Å². The molecular formula is C11H14N2O2. The number of aryl methyl sites for hydroxylation is 1. The lowest BCUT2D eigenvalue weighted by Gasteiger charge is -2.13. The van der Waals surface area contributed by atoms with Gasteiger partial charge < -0.3 is 5.32 Å². The molecule has 0 aromatic heterocycles. The van der Waals surface area contributed by atoms with Crippen LogP contribution in [-0.2, 0) is 0 Å². The van der Waals surface area contributed by atoms with E-state index in [-0.39, 0.29) is 16.1 Å². The molecule has 2 rings (SSSR count). The smallest absolute Gasteiger partial charge is 0.271 e. The molecule has 1 N–H and O–H groups in total. The van der Waals surface area contributed by atoms with Crippen molar-refractivity contribution in [3.05, 3.63) is 33.9 Å². The van der Waals surface area contributed by atoms with Gasteiger partial charge in [-0.25, -0.2) is 0 Å². The Morgan fingerprint density at radius 3 is 2.60 bits per heavy atom. The first-order valence-electron chi connectivity index (χ1n) is 5.03. The van der Waals surface area contributed by atoms with Gasteiger partial charge in [-0.3, -0.25) is 10.1 Å². The maximum atomic E-state index is 10.7. The first kappa shape index (κ1) is 9.96. The normalized spacial score (nSPS) is 17.2. The number of nitro groups is 1. The van der Waals surface area contributed by atoms with Gasteiger partial charge in [0.25, 0.3) is 5.69 Å². The highest BCUT2D eigenvalue weighted by atomic mass is 16.6. The van der Waals surface area contributed by atoms with E-state index in [1.165, 1.54) is 0 Å². The van der Waals surface area contributed by atoms with Gasteiger partial charge in [0.2, 0.25) is 0 Å². The fourth-order valence-corrected chi connectivity index (χ4v) is 1.60. The maximum Gasteiger partial charge on any atom is 0.271 e. The van der Waals surface area contributed by atoms with Crippen LogP contribution in [0.2, 0.25) is 0 Å². The van der Waals surface area contributed by atoms with E-state index in [9.17, 15) is 10.1 Å². The predicted molar refractivity (Wildman–Crippen MR) is 59.1 cm³/mol. The molecule has 0 unspecified atom stereocenters. The van der Waals surface area contributed by atoms with E-state index >= 15 is 0 Å². The van der Waals surface area contributed by atoms with Crippen LogP contribution in [0.3, 0.4) is 0 Å². The minimum Gasteiger partial charge on any atom is -0.380 e. The van der Waals surface area contributed by atoms with Crippen LogP contribution in [0.4, 0.5) is 11.4 Å². The number of nitrogens with one attached hydrogen (secondary N) is 1. The molecule has 0 saturated heterocycles. The Morgan fingerprint density at radius 2 is 2.07 bits per heavy atom. The number of anilines is 1. The van der Waals surface area contributed by atoms with Crippen molar-refractivity contribution < 1.29 is 4.92 Å². The summed E-state index contributed by atoms with van der Waals surface area (Å²) < 4.78 is 0. The van der Waals surface area contributed by atoms with Crippen LogP contribution in [0.1, 0.15) is 25.3 Å². The first-order valence-corrected chi connectivity index (χ1v) is 5.03. The number of hydrogen-bond acceptors (Lipinski definition) is 3. The number of rotatable bonds is 3. The van der Waals surface area contributed by atoms with Crippen LogP contribution in [0.25, 0.3) is 0 Å². The van der Waals surface area contributed by atoms with Crippen molar-refractivity contribution in [1.82, 2.24) is 0 Å². The van der Waals surface area contributed by atoms with Crippen LogP contribution in [0.15, 0.2) is 18.2 Å². The molecule has 1 aliphatic carbocycles. The highest BCUT2D eigenvalue weighted by Crippen LogP contribution is 2.38. The van der Waals surface area contributed by atoms with Gasteiger partial charge in [-0.15, -0.1) is 0 Å². The van der Waals surface area contributed by atoms with Gasteiger partial charge in [0.1, 0.15) is 0 Å². The lowest BCUT2D eigenvalue weighted by atomic mass is 10.2. The molecule has 4 heteroatoms. The van der Waals surface area contributed by atoms with Crippen molar-refractivity contribution in [3.8, 4) is 0 Å². The molecule has 4 nitrogen and oxygen atoms in total. The Balaban J connectivity index is 2.27. The summed E-state index contributed by atoms with van der Waals surface area (Å²) in [7, 11) is 0. The molecule has 1 fully saturated rings. The van der Waals surface area contributed by atoms with E-state index < -0.39 is 0 Å². The predicted octanol–water partition coefficient (Wildman–Crippen LogP) is 2.87. The zero-order chi connectivity index (χ0) is 11.1. The molecule has 0 atom stereocenters. The van der Waals surface area contributed by atoms with Crippen LogP contribution < -0.4 is 5.32 Å². The molecule has 0 bridgehead atoms. The summed E-state index contributed by atoms with van der Waals surface area (Å²) >= 11 is 0. The molecule has 1 saturated carbocycles. The highest BCUT2D eigenvalue weighted by molar-refractivity contribution is 5.55. The van der Waals surface area contributed by atoms with Crippen molar-refractivity contribution in [1.29, 1.82) is 0 Å². The number of nitro benzene ring substituents is 1. The Bertz CT molecular complexity index is 411. The summed E-state index contributed by atoms with van der Waals surface area (Å²) in [6, 6.07) is 5.12. The van der Waals surface area contributed by atoms with Crippen LogP contribution in [0.5, 0.6) is 0 Å². The molecule has 80 valence electrons. The van der Waals surface area contributed by atoms with Crippen LogP contribution >= 0.6 is 0 Å². The van der Waals surface area contributed by atoms with Gasteiger partial charge in [-0.1, -0.05) is 0 Å². The Morgan fingerprint density at radius 1 is 1.40 bits per heavy atom. The maximum absolute atomic E-state index is 10.7. The molecule has 0 spiro atoms. The van der Waals surface area contributed by atoms with Crippen LogP contribution in [-0.4, -0.2) is 10.5 Å². The van der Waals surface area contributed by atoms with Gasteiger partial charge in [0.15, 0.2) is 0 Å². The molecule has 1 aromatic rings. The van der Waals surface area contributed by atoms with Gasteiger partial charge in [0, 0.05) is 23.4 Å². The Hall–Kier alpha value is -1.58. The summed E-state index contributed by atoms with van der Waals surface area (Å²) in [5.41, 5.74) is 2.07. The van der Waals surface area contributed by atoms with Gasteiger partial charge >= 0.3 is 0 Å². The van der Waals surface area contributed by atoms with E-state index in [2.05, 4.69) is 12.2 Å². The highest BCUT2D eigenvalue weighted by Gasteiger charge is 2.37. The summed E-state index contributed by atoms with van der Waals surface area (Å²) in [4.78, 5) is 10.3. The van der Waals surface area contributed by atoms with E-state index in [0.717, 1.165) is 24.1 Å². The van der Waals surface area contributed by atoms with Crippen molar-refractivity contribution >= 4 is 11.4 Å². The van der Waals surface area contributed by atoms with E-state index in [1.54, 1.807) is 12.1 Å². The first-order chi connectivity index (χ1) is 6.98. The fraction of sp³-hybridized carbons (Fsp3) is 0.455. The zero-order valence-corrected chi connectivity index (χ0v) is 8.91. The van der Waals surface area contributed by atoms with Gasteiger partial charge in [-0.05, 0) is 38.3 Å². The van der Waals surface area contributed by atoms with Crippen LogP contribution in [0, 0.1) is 17.0 Å². The topological polar surface area (TPSA) is 55.2 Å². The summed E-state index contributed by atoms with van der Waals surface area (Å²) in [5, 5.41) is 14.0. The minimum atomic E-state index is -0.354. The summed E-state index contributed by atoms with van der Waals surface area (Å²) in [6.07, 6.45) is 2.27. The lowest BCUT2D eigenvalue weighted by Crippen LogP contribution is -2.15. The number of nitrogens with zero attached hydrogens (tertiary/aromatic N) is 1. The molecule has 0 aliphatic heterocycles. The van der Waals surface area contributed by atoms with Crippen molar-refractivity contribution in [2.24, 2.45) is 0 Å². The molecule has 0 heterocycles. The molecule has 15 heavy (non-hydrogen) atoms. The van der Waals surface area contributed by atoms with Gasteiger partial charge in [0.05, 0.1) is 4.92 Å². The third-order valence-electron chi connectivity index (χ3n) is 2.72. The Labute approximate surface area is 88.5 Å². The molecule has 1 aliphatic rings. The van der Waals surface area contributed by atoms with E-state index in [4.69, 9.17) is 0 Å². The van der Waals surface area contributed by atoms with E-state index in [0.29, 0.717) is 0 Å². The average molecular weight is 206 g/mol. The SMILES string of the molecule is Cc1cc(NC2(C)CC2)cc([N+](=O)[O-])c1. The van der Waals surface area contributed by atoms with Crippen molar-refractivity contribution in [2.45, 2.75) is 32.2 Å². The number of non-ortho nitro benzene ring substituents is 1. The second-order valence-corrected chi connectivity index (χ2v) is 4.50. The number of benzene rings is 1. The second kappa shape index (κ2) is 3.22. The molecule has 1 aromatic carbocycles. The second-order valence-electron chi connectivity index (χ2n) is 4.50. The van der Waals surface area contributed by atoms with E-state index in [1.807, 2.05) is 13.0 Å². The third kappa shape index (κ3) is 2.26. The monoisotopic (exact) mass is 206 g/mol. The van der Waals surface area contributed by atoms with Gasteiger partial charge in [-0.2, -0.15) is 0 Å². The minimum absolute atomic E-state index is 0.154. The standard InChI is InChI=1S/C11H14N2O2/c1-8-5-9(12-11(2)3-4-11)7-10(6-8)13(14)15/h5-7,12H,3-4H2,1-2H3. The third-order valence-corrected chi connectivity index (χ3v) is 2.72. The Kier molecular flexibility index (Phi) is 2.14. The molecule has 0 radical (unpaired) electrons. The summed E-state index contributed by atoms with van der Waals surface area (Å²) in [5.74, 6) is 0. The number of hydrogen-bond donors (Lipinski definition) is 1. The summed E-state index contributed by atoms with van der Waals surface area (Å²) in [6.45, 7) is 3.99. The largest absolute Gasteiger partial charge is 0.380 e. The zero-order valence-electron chi connectivity index (χ0n) is 8.91. The van der Waals surface area contributed by atoms with Crippen molar-refractivity contribution in [3.63, 3.8) is 0 Å². The molecule has 0 amide bonds. The molecular weight excluding hydrogens is 192 g/mol. The quantitative estimate of drug-likeness (QED) is 0.611. The fourth-order valence-electron chi connectivity index (χ4n) is 1.60. The average Bonchev–Trinajstić information content (AvgIpc) is 2.81. The lowest BCUT2D eigenvalue weighted by molar-refractivity contribution is -0.384.